The van der Waals surface area contributed by atoms with E-state index >= 15 is 0 Å². The molecule has 0 saturated heterocycles. The van der Waals surface area contributed by atoms with Crippen LogP contribution in [0.15, 0.2) is 59.5 Å². The largest absolute Gasteiger partial charge is 0.487 e. The van der Waals surface area contributed by atoms with Crippen molar-refractivity contribution >= 4 is 23.6 Å². The first-order valence-corrected chi connectivity index (χ1v) is 10.7. The monoisotopic (exact) mass is 441 g/mol. The van der Waals surface area contributed by atoms with Gasteiger partial charge in [0, 0.05) is 0 Å². The van der Waals surface area contributed by atoms with Crippen LogP contribution in [0, 0.1) is 11.6 Å². The van der Waals surface area contributed by atoms with Crippen LogP contribution in [0.2, 0.25) is 0 Å². The minimum Gasteiger partial charge on any atom is -0.487 e. The topological polar surface area (TPSA) is 47.6 Å². The molecule has 3 aromatic rings. The average molecular weight is 441 g/mol. The van der Waals surface area contributed by atoms with Crippen molar-refractivity contribution in [2.24, 2.45) is 0 Å². The van der Waals surface area contributed by atoms with Crippen LogP contribution in [-0.4, -0.2) is 13.1 Å². The molecule has 4 rings (SSSR count). The molecule has 1 N–H and O–H groups in total. The van der Waals surface area contributed by atoms with E-state index in [1.165, 1.54) is 36.4 Å². The summed E-state index contributed by atoms with van der Waals surface area (Å²) < 4.78 is 41.8. The Bertz CT molecular complexity index is 1080. The molecule has 1 aliphatic rings. The maximum Gasteiger partial charge on any atom is 0.337 e. The maximum absolute atomic E-state index is 14.0. The Hall–Kier alpha value is -3.06. The molecular weight excluding hydrogens is 420 g/mol. The highest BCUT2D eigenvalue weighted by molar-refractivity contribution is 8.00. The molecule has 0 aromatic heterocycles. The van der Waals surface area contributed by atoms with Crippen LogP contribution in [0.1, 0.15) is 33.5 Å². The number of nitrogens with one attached hydrogen (secondary N) is 1. The quantitative estimate of drug-likeness (QED) is 0.363. The van der Waals surface area contributed by atoms with Crippen LogP contribution in [0.3, 0.4) is 0 Å². The highest BCUT2D eigenvalue weighted by atomic mass is 32.2. The molecule has 0 amide bonds. The first kappa shape index (κ1) is 21.2. The molecule has 4 nitrogen and oxygen atoms in total. The molecule has 0 spiro atoms. The summed E-state index contributed by atoms with van der Waals surface area (Å²) in [5.41, 5.74) is 4.45. The summed E-state index contributed by atoms with van der Waals surface area (Å²) in [5, 5.41) is 0. The fraction of sp³-hybridized carbons (Fsp3) is 0.208. The Morgan fingerprint density at radius 3 is 2.39 bits per heavy atom. The Morgan fingerprint density at radius 1 is 1.03 bits per heavy atom. The fourth-order valence-electron chi connectivity index (χ4n) is 3.50. The minimum absolute atomic E-state index is 0.0904. The van der Waals surface area contributed by atoms with Crippen molar-refractivity contribution in [2.45, 2.75) is 30.8 Å². The van der Waals surface area contributed by atoms with Crippen LogP contribution in [0.4, 0.5) is 14.5 Å². The van der Waals surface area contributed by atoms with E-state index < -0.39 is 17.6 Å². The summed E-state index contributed by atoms with van der Waals surface area (Å²) >= 11 is 0.884. The summed E-state index contributed by atoms with van der Waals surface area (Å²) in [4.78, 5) is 11.5. The number of rotatable bonds is 7. The van der Waals surface area contributed by atoms with Crippen molar-refractivity contribution in [3.63, 3.8) is 0 Å². The maximum atomic E-state index is 14.0. The lowest BCUT2D eigenvalue weighted by atomic mass is 10.1. The van der Waals surface area contributed by atoms with Gasteiger partial charge in [-0.25, -0.2) is 13.6 Å². The second-order valence-electron chi connectivity index (χ2n) is 7.20. The minimum atomic E-state index is -0.619. The Kier molecular flexibility index (Phi) is 6.42. The lowest BCUT2D eigenvalue weighted by Gasteiger charge is -2.16. The molecule has 0 heterocycles. The van der Waals surface area contributed by atoms with Gasteiger partial charge >= 0.3 is 5.97 Å². The fourth-order valence-corrected chi connectivity index (χ4v) is 4.21. The van der Waals surface area contributed by atoms with Crippen molar-refractivity contribution in [1.82, 2.24) is 0 Å². The zero-order valence-electron chi connectivity index (χ0n) is 16.9. The van der Waals surface area contributed by atoms with Crippen LogP contribution in [0.5, 0.6) is 5.75 Å². The second kappa shape index (κ2) is 9.39. The number of halogens is 2. The van der Waals surface area contributed by atoms with E-state index in [0.29, 0.717) is 17.0 Å². The number of hydrogen-bond donors (Lipinski definition) is 1. The number of ether oxygens (including phenoxy) is 2. The zero-order chi connectivity index (χ0) is 21.8. The number of methoxy groups -OCH3 is 1. The lowest BCUT2D eigenvalue weighted by molar-refractivity contribution is 0.0600. The van der Waals surface area contributed by atoms with Crippen LogP contribution in [0.25, 0.3) is 0 Å². The van der Waals surface area contributed by atoms with Crippen molar-refractivity contribution in [3.05, 3.63) is 88.5 Å². The predicted octanol–water partition coefficient (Wildman–Crippen LogP) is 5.94. The molecule has 3 aromatic carbocycles. The highest BCUT2D eigenvalue weighted by Crippen LogP contribution is 2.37. The first-order chi connectivity index (χ1) is 15.0. The van der Waals surface area contributed by atoms with Crippen molar-refractivity contribution < 1.29 is 23.0 Å². The predicted molar refractivity (Wildman–Crippen MR) is 116 cm³/mol. The number of benzene rings is 3. The molecule has 0 atom stereocenters. The van der Waals surface area contributed by atoms with Gasteiger partial charge in [-0.3, -0.25) is 0 Å². The van der Waals surface area contributed by atoms with E-state index in [9.17, 15) is 13.6 Å². The lowest BCUT2D eigenvalue weighted by Crippen LogP contribution is -2.03. The van der Waals surface area contributed by atoms with Crippen LogP contribution in [-0.2, 0) is 24.2 Å². The molecule has 160 valence electrons. The number of esters is 1. The molecule has 31 heavy (non-hydrogen) atoms. The Balaban J connectivity index is 1.52. The van der Waals surface area contributed by atoms with Gasteiger partial charge in [0.1, 0.15) is 24.0 Å². The molecule has 0 bridgehead atoms. The standard InChI is InChI=1S/C24H21F2NO3S/c1-29-24(28)16-10-8-15(9-11-16)14-30-22-13-18-5-2-4-17(18)12-21(22)27-31-23-19(25)6-3-7-20(23)26/h3,6-13,27H,2,4-5,14H2,1H3. The third kappa shape index (κ3) is 4.82. The van der Waals surface area contributed by atoms with E-state index in [2.05, 4.69) is 4.72 Å². The second-order valence-corrected chi connectivity index (χ2v) is 8.02. The Morgan fingerprint density at radius 2 is 1.71 bits per heavy atom. The molecule has 0 fully saturated rings. The number of fused-ring (bicyclic) bond motifs is 1. The average Bonchev–Trinajstić information content (AvgIpc) is 3.24. The number of carbonyl (C=O) groups excluding carboxylic acids is 1. The van der Waals surface area contributed by atoms with E-state index in [-0.39, 0.29) is 11.5 Å². The molecule has 0 aliphatic heterocycles. The van der Waals surface area contributed by atoms with Crippen LogP contribution < -0.4 is 9.46 Å². The third-order valence-electron chi connectivity index (χ3n) is 5.15. The van der Waals surface area contributed by atoms with Crippen LogP contribution >= 0.6 is 11.9 Å². The number of anilines is 1. The SMILES string of the molecule is COC(=O)c1ccc(COc2cc3c(cc2NSc2c(F)cccc2F)CCC3)cc1. The van der Waals surface area contributed by atoms with Gasteiger partial charge in [0.25, 0.3) is 0 Å². The van der Waals surface area contributed by atoms with E-state index in [1.54, 1.807) is 24.3 Å². The van der Waals surface area contributed by atoms with Gasteiger partial charge in [0.15, 0.2) is 0 Å². The normalized spacial score (nSPS) is 12.4. The third-order valence-corrected chi connectivity index (χ3v) is 6.06. The van der Waals surface area contributed by atoms with Gasteiger partial charge in [-0.2, -0.15) is 0 Å². The highest BCUT2D eigenvalue weighted by Gasteiger charge is 2.17. The summed E-state index contributed by atoms with van der Waals surface area (Å²) in [6, 6.07) is 14.7. The molecular formula is C24H21F2NO3S. The van der Waals surface area contributed by atoms with Crippen molar-refractivity contribution in [1.29, 1.82) is 0 Å². The van der Waals surface area contributed by atoms with Crippen molar-refractivity contribution in [2.75, 3.05) is 11.8 Å². The van der Waals surface area contributed by atoms with E-state index in [4.69, 9.17) is 9.47 Å². The van der Waals surface area contributed by atoms with Crippen molar-refractivity contribution in [3.8, 4) is 5.75 Å². The van der Waals surface area contributed by atoms with Gasteiger partial charge in [-0.1, -0.05) is 18.2 Å². The van der Waals surface area contributed by atoms with Gasteiger partial charge in [0.05, 0.1) is 23.3 Å². The molecule has 7 heteroatoms. The first-order valence-electron chi connectivity index (χ1n) is 9.88. The van der Waals surface area contributed by atoms with Gasteiger partial charge < -0.3 is 14.2 Å². The summed E-state index contributed by atoms with van der Waals surface area (Å²) in [5.74, 6) is -1.02. The summed E-state index contributed by atoms with van der Waals surface area (Å²) in [7, 11) is 1.34. The number of aryl methyl sites for hydroxylation is 2. The Labute approximate surface area is 183 Å². The summed E-state index contributed by atoms with van der Waals surface area (Å²) in [6.45, 7) is 0.285. The van der Waals surface area contributed by atoms with Gasteiger partial charge in [-0.05, 0) is 84.3 Å². The smallest absolute Gasteiger partial charge is 0.337 e. The molecule has 0 unspecified atom stereocenters. The molecule has 1 aliphatic carbocycles. The van der Waals surface area contributed by atoms with E-state index in [1.807, 2.05) is 12.1 Å². The number of carbonyl (C=O) groups is 1. The zero-order valence-corrected chi connectivity index (χ0v) is 17.7. The summed E-state index contributed by atoms with van der Waals surface area (Å²) in [6.07, 6.45) is 3.02. The van der Waals surface area contributed by atoms with E-state index in [0.717, 1.165) is 36.8 Å². The van der Waals surface area contributed by atoms with Gasteiger partial charge in [0.2, 0.25) is 0 Å². The number of hydrogen-bond acceptors (Lipinski definition) is 5. The van der Waals surface area contributed by atoms with Gasteiger partial charge in [-0.15, -0.1) is 0 Å². The molecule has 0 radical (unpaired) electrons. The molecule has 0 saturated carbocycles.